The number of hydrogen-bond donors (Lipinski definition) is 2. The summed E-state index contributed by atoms with van der Waals surface area (Å²) in [7, 11) is 3.12. The molecule has 0 heterocycles. The number of ether oxygens (including phenoxy) is 2. The van der Waals surface area contributed by atoms with Crippen LogP contribution in [0.2, 0.25) is 0 Å². The van der Waals surface area contributed by atoms with Gasteiger partial charge in [-0.2, -0.15) is 0 Å². The molecule has 0 fully saturated rings. The summed E-state index contributed by atoms with van der Waals surface area (Å²) < 4.78 is 11.3. The van der Waals surface area contributed by atoms with Gasteiger partial charge in [0.25, 0.3) is 5.91 Å². The third kappa shape index (κ3) is 3.96. The molecule has 0 unspecified atom stereocenters. The molecule has 122 valence electrons. The number of amides is 1. The fourth-order valence-electron chi connectivity index (χ4n) is 2.14. The first kappa shape index (κ1) is 17.1. The smallest absolute Gasteiger partial charge is 0.255 e. The van der Waals surface area contributed by atoms with Gasteiger partial charge in [0.15, 0.2) is 11.5 Å². The Kier molecular flexibility index (Phi) is 5.50. The topological polar surface area (TPSA) is 67.8 Å². The number of aromatic hydroxyl groups is 1. The lowest BCUT2D eigenvalue weighted by Gasteiger charge is -2.13. The highest BCUT2D eigenvalue weighted by molar-refractivity contribution is 9.10. The number of carbonyl (C=O) groups is 1. The lowest BCUT2D eigenvalue weighted by atomic mass is 10.1. The van der Waals surface area contributed by atoms with Crippen LogP contribution in [0, 0.1) is 6.92 Å². The molecular formula is C17H18BrNO4. The lowest BCUT2D eigenvalue weighted by molar-refractivity contribution is 0.0948. The summed E-state index contributed by atoms with van der Waals surface area (Å²) >= 11 is 3.45. The molecule has 0 saturated heterocycles. The molecule has 2 aromatic rings. The normalized spacial score (nSPS) is 10.3. The highest BCUT2D eigenvalue weighted by atomic mass is 79.9. The molecule has 2 rings (SSSR count). The van der Waals surface area contributed by atoms with Gasteiger partial charge < -0.3 is 19.9 Å². The Morgan fingerprint density at radius 3 is 2.43 bits per heavy atom. The Balaban J connectivity index is 2.15. The van der Waals surface area contributed by atoms with E-state index in [1.807, 2.05) is 6.92 Å². The van der Waals surface area contributed by atoms with Crippen LogP contribution >= 0.6 is 15.9 Å². The van der Waals surface area contributed by atoms with Crippen LogP contribution in [0.5, 0.6) is 17.2 Å². The maximum absolute atomic E-state index is 12.2. The molecule has 6 heteroatoms. The molecule has 0 saturated carbocycles. The number of nitrogens with one attached hydrogen (secondary N) is 1. The van der Waals surface area contributed by atoms with E-state index < -0.39 is 0 Å². The summed E-state index contributed by atoms with van der Waals surface area (Å²) in [4.78, 5) is 12.2. The molecule has 2 aromatic carbocycles. The zero-order valence-electron chi connectivity index (χ0n) is 13.1. The number of aryl methyl sites for hydroxylation is 1. The van der Waals surface area contributed by atoms with Gasteiger partial charge in [0.05, 0.1) is 19.8 Å². The fourth-order valence-corrected chi connectivity index (χ4v) is 2.60. The van der Waals surface area contributed by atoms with E-state index in [0.717, 1.165) is 15.6 Å². The van der Waals surface area contributed by atoms with Crippen molar-refractivity contribution in [2.24, 2.45) is 0 Å². The quantitative estimate of drug-likeness (QED) is 0.834. The lowest BCUT2D eigenvalue weighted by Crippen LogP contribution is -2.23. The van der Waals surface area contributed by atoms with E-state index in [1.165, 1.54) is 0 Å². The first-order valence-electron chi connectivity index (χ1n) is 6.94. The molecule has 0 aliphatic heterocycles. The third-order valence-electron chi connectivity index (χ3n) is 3.39. The maximum atomic E-state index is 12.2. The van der Waals surface area contributed by atoms with E-state index in [1.54, 1.807) is 44.6 Å². The summed E-state index contributed by atoms with van der Waals surface area (Å²) in [6, 6.07) is 8.51. The summed E-state index contributed by atoms with van der Waals surface area (Å²) in [5.41, 5.74) is 1.97. The van der Waals surface area contributed by atoms with Gasteiger partial charge >= 0.3 is 0 Å². The van der Waals surface area contributed by atoms with Crippen molar-refractivity contribution in [2.45, 2.75) is 13.5 Å². The summed E-state index contributed by atoms with van der Waals surface area (Å²) in [6.07, 6.45) is 0. The second-order valence-corrected chi connectivity index (χ2v) is 5.86. The van der Waals surface area contributed by atoms with E-state index in [9.17, 15) is 9.90 Å². The molecule has 0 atom stereocenters. The van der Waals surface area contributed by atoms with Gasteiger partial charge in [0.2, 0.25) is 0 Å². The Morgan fingerprint density at radius 1 is 1.17 bits per heavy atom. The van der Waals surface area contributed by atoms with E-state index >= 15 is 0 Å². The van der Waals surface area contributed by atoms with Crippen molar-refractivity contribution in [1.29, 1.82) is 0 Å². The number of benzene rings is 2. The number of phenols is 1. The monoisotopic (exact) mass is 379 g/mol. The van der Waals surface area contributed by atoms with E-state index in [0.29, 0.717) is 11.5 Å². The number of rotatable bonds is 5. The van der Waals surface area contributed by atoms with Gasteiger partial charge in [0.1, 0.15) is 5.75 Å². The predicted molar refractivity (Wildman–Crippen MR) is 91.3 cm³/mol. The SMILES string of the molecule is COc1cc(Br)c(CNC(=O)c2ccc(C)cc2O)cc1OC. The van der Waals surface area contributed by atoms with Crippen LogP contribution in [-0.2, 0) is 6.54 Å². The van der Waals surface area contributed by atoms with Crippen molar-refractivity contribution >= 4 is 21.8 Å². The molecule has 0 aromatic heterocycles. The second-order valence-electron chi connectivity index (χ2n) is 5.00. The number of carbonyl (C=O) groups excluding carboxylic acids is 1. The second kappa shape index (κ2) is 7.37. The molecule has 0 aliphatic carbocycles. The Labute approximate surface area is 143 Å². The fraction of sp³-hybridized carbons (Fsp3) is 0.235. The first-order chi connectivity index (χ1) is 11.0. The Bertz CT molecular complexity index is 731. The largest absolute Gasteiger partial charge is 0.507 e. The highest BCUT2D eigenvalue weighted by Crippen LogP contribution is 2.33. The van der Waals surface area contributed by atoms with E-state index in [-0.39, 0.29) is 23.8 Å². The van der Waals surface area contributed by atoms with Crippen molar-refractivity contribution in [3.05, 3.63) is 51.5 Å². The molecule has 0 bridgehead atoms. The summed E-state index contributed by atoms with van der Waals surface area (Å²) in [5.74, 6) is 0.807. The average Bonchev–Trinajstić information content (AvgIpc) is 2.53. The zero-order valence-corrected chi connectivity index (χ0v) is 14.7. The molecule has 23 heavy (non-hydrogen) atoms. The van der Waals surface area contributed by atoms with Crippen molar-refractivity contribution in [1.82, 2.24) is 5.32 Å². The van der Waals surface area contributed by atoms with Gasteiger partial charge in [-0.1, -0.05) is 22.0 Å². The molecule has 5 nitrogen and oxygen atoms in total. The molecule has 2 N–H and O–H groups in total. The predicted octanol–water partition coefficient (Wildman–Crippen LogP) is 3.41. The van der Waals surface area contributed by atoms with Crippen LogP contribution in [0.3, 0.4) is 0 Å². The maximum Gasteiger partial charge on any atom is 0.255 e. The van der Waals surface area contributed by atoms with Crippen molar-refractivity contribution in [3.63, 3.8) is 0 Å². The number of phenolic OH excluding ortho intramolecular Hbond substituents is 1. The molecule has 0 radical (unpaired) electrons. The van der Waals surface area contributed by atoms with Gasteiger partial charge in [-0.15, -0.1) is 0 Å². The minimum Gasteiger partial charge on any atom is -0.507 e. The standard InChI is InChI=1S/C17H18BrNO4/c1-10-4-5-12(14(20)6-10)17(21)19-9-11-7-15(22-2)16(23-3)8-13(11)18/h4-8,20H,9H2,1-3H3,(H,19,21). The minimum atomic E-state index is -0.343. The van der Waals surface area contributed by atoms with Crippen LogP contribution < -0.4 is 14.8 Å². The summed E-state index contributed by atoms with van der Waals surface area (Å²) in [5, 5.41) is 12.6. The van der Waals surface area contributed by atoms with E-state index in [2.05, 4.69) is 21.2 Å². The zero-order chi connectivity index (χ0) is 17.0. The highest BCUT2D eigenvalue weighted by Gasteiger charge is 2.13. The van der Waals surface area contributed by atoms with Crippen LogP contribution in [0.15, 0.2) is 34.8 Å². The van der Waals surface area contributed by atoms with Crippen LogP contribution in [0.1, 0.15) is 21.5 Å². The molecule has 0 spiro atoms. The number of hydrogen-bond acceptors (Lipinski definition) is 4. The molecule has 0 aliphatic rings. The number of methoxy groups -OCH3 is 2. The van der Waals surface area contributed by atoms with E-state index in [4.69, 9.17) is 9.47 Å². The van der Waals surface area contributed by atoms with Gasteiger partial charge in [0, 0.05) is 11.0 Å². The van der Waals surface area contributed by atoms with Crippen molar-refractivity contribution < 1.29 is 19.4 Å². The van der Waals surface area contributed by atoms with Gasteiger partial charge in [-0.05, 0) is 42.3 Å². The minimum absolute atomic E-state index is 0.0334. The third-order valence-corrected chi connectivity index (χ3v) is 4.13. The van der Waals surface area contributed by atoms with Crippen molar-refractivity contribution in [2.75, 3.05) is 14.2 Å². The average molecular weight is 380 g/mol. The van der Waals surface area contributed by atoms with Gasteiger partial charge in [-0.25, -0.2) is 0 Å². The van der Waals surface area contributed by atoms with Crippen LogP contribution in [-0.4, -0.2) is 25.2 Å². The van der Waals surface area contributed by atoms with Crippen molar-refractivity contribution in [3.8, 4) is 17.2 Å². The van der Waals surface area contributed by atoms with Crippen LogP contribution in [0.4, 0.5) is 0 Å². The first-order valence-corrected chi connectivity index (χ1v) is 7.73. The number of halogens is 1. The van der Waals surface area contributed by atoms with Gasteiger partial charge in [-0.3, -0.25) is 4.79 Å². The molecular weight excluding hydrogens is 362 g/mol. The summed E-state index contributed by atoms with van der Waals surface area (Å²) in [6.45, 7) is 2.13. The Hall–Kier alpha value is -2.21. The molecule has 1 amide bonds. The Morgan fingerprint density at radius 2 is 1.83 bits per heavy atom. The van der Waals surface area contributed by atoms with Crippen LogP contribution in [0.25, 0.3) is 0 Å².